The van der Waals surface area contributed by atoms with Gasteiger partial charge in [0.25, 0.3) is 5.97 Å². The molecule has 2 N–H and O–H groups in total. The summed E-state index contributed by atoms with van der Waals surface area (Å²) in [6.07, 6.45) is 3.54. The Morgan fingerprint density at radius 2 is 2.40 bits per heavy atom. The number of aromatic amines is 1. The van der Waals surface area contributed by atoms with Gasteiger partial charge >= 0.3 is 53.4 Å². The third-order valence-electron chi connectivity index (χ3n) is 0.635. The SMILES string of the molecule is CC(=O)O.[Na][c]1cnc[nH]1. The normalized spacial score (nSPS) is 7.90. The summed E-state index contributed by atoms with van der Waals surface area (Å²) in [5.74, 6) is -0.833. The molecule has 0 radical (unpaired) electrons. The maximum absolute atomic E-state index is 9.00. The van der Waals surface area contributed by atoms with Gasteiger partial charge < -0.3 is 5.11 Å². The van der Waals surface area contributed by atoms with E-state index < -0.39 is 5.97 Å². The van der Waals surface area contributed by atoms with Crippen LogP contribution in [0.15, 0.2) is 12.5 Å². The first-order chi connectivity index (χ1) is 4.63. The van der Waals surface area contributed by atoms with Gasteiger partial charge in [0.15, 0.2) is 0 Å². The van der Waals surface area contributed by atoms with Gasteiger partial charge in [-0.2, -0.15) is 0 Å². The summed E-state index contributed by atoms with van der Waals surface area (Å²) in [5.41, 5.74) is 0. The molecule has 0 aliphatic heterocycles. The average Bonchev–Trinajstić information content (AvgIpc) is 2.15. The fraction of sp³-hybridized carbons (Fsp3) is 0.200. The number of hydrogen-bond acceptors (Lipinski definition) is 2. The number of aromatic nitrogens is 2. The van der Waals surface area contributed by atoms with E-state index in [2.05, 4.69) is 9.97 Å². The Hall–Kier alpha value is -0.320. The molecule has 0 spiro atoms. The van der Waals surface area contributed by atoms with Crippen LogP contribution in [0.5, 0.6) is 0 Å². The molecule has 50 valence electrons. The number of carbonyl (C=O) groups is 1. The van der Waals surface area contributed by atoms with Gasteiger partial charge in [-0.05, 0) is 0 Å². The molecule has 1 aromatic rings. The number of nitrogens with one attached hydrogen (secondary N) is 1. The van der Waals surface area contributed by atoms with Crippen molar-refractivity contribution >= 4 is 36.8 Å². The fourth-order valence-corrected chi connectivity index (χ4v) is 0.604. The first-order valence-electron chi connectivity index (χ1n) is 2.77. The molecule has 10 heavy (non-hydrogen) atoms. The zero-order chi connectivity index (χ0) is 7.98. The Bertz CT molecular complexity index is 182. The van der Waals surface area contributed by atoms with Crippen LogP contribution in [0.1, 0.15) is 6.92 Å². The summed E-state index contributed by atoms with van der Waals surface area (Å²) in [7, 11) is 0. The molecule has 0 atom stereocenters. The van der Waals surface area contributed by atoms with E-state index in [1.165, 1.54) is 2.94 Å². The molecule has 1 rings (SSSR count). The van der Waals surface area contributed by atoms with Crippen molar-refractivity contribution in [3.63, 3.8) is 0 Å². The number of H-pyrrole nitrogens is 1. The summed E-state index contributed by atoms with van der Waals surface area (Å²) < 4.78 is 1.25. The predicted molar refractivity (Wildman–Crippen MR) is 37.3 cm³/mol. The van der Waals surface area contributed by atoms with Gasteiger partial charge in [-0.15, -0.1) is 0 Å². The van der Waals surface area contributed by atoms with Gasteiger partial charge in [-0.3, -0.25) is 4.79 Å². The van der Waals surface area contributed by atoms with E-state index >= 15 is 0 Å². The molecule has 1 heterocycles. The number of imidazole rings is 1. The first-order valence-corrected chi connectivity index (χ1v) is 3.77. The second-order valence-corrected chi connectivity index (χ2v) is 2.83. The van der Waals surface area contributed by atoms with Gasteiger partial charge in [-0.1, -0.05) is 0 Å². The Morgan fingerprint density at radius 1 is 1.90 bits per heavy atom. The minimum absolute atomic E-state index is 0.833. The third kappa shape index (κ3) is 7.68. The predicted octanol–water partition coefficient (Wildman–Crippen LogP) is -0.706. The van der Waals surface area contributed by atoms with Crippen molar-refractivity contribution in [2.75, 3.05) is 0 Å². The molecule has 0 amide bonds. The molecule has 4 nitrogen and oxygen atoms in total. The van der Waals surface area contributed by atoms with Crippen LogP contribution in [0.3, 0.4) is 0 Å². The summed E-state index contributed by atoms with van der Waals surface area (Å²) in [6, 6.07) is 0. The van der Waals surface area contributed by atoms with E-state index in [1.807, 2.05) is 6.20 Å². The average molecular weight is 150 g/mol. The Balaban J connectivity index is 0.000000180. The van der Waals surface area contributed by atoms with Crippen molar-refractivity contribution in [2.24, 2.45) is 0 Å². The Morgan fingerprint density at radius 3 is 2.50 bits per heavy atom. The van der Waals surface area contributed by atoms with Crippen LogP contribution in [-0.4, -0.2) is 49.0 Å². The molecule has 0 saturated heterocycles. The van der Waals surface area contributed by atoms with Crippen LogP contribution < -0.4 is 2.94 Å². The van der Waals surface area contributed by atoms with Crippen molar-refractivity contribution < 1.29 is 9.90 Å². The van der Waals surface area contributed by atoms with Gasteiger partial charge in [0.1, 0.15) is 0 Å². The summed E-state index contributed by atoms with van der Waals surface area (Å²) in [6.45, 7) is 1.08. The van der Waals surface area contributed by atoms with Crippen molar-refractivity contribution in [1.29, 1.82) is 0 Å². The topological polar surface area (TPSA) is 66.0 Å². The van der Waals surface area contributed by atoms with Gasteiger partial charge in [-0.25, -0.2) is 0 Å². The molecule has 1 aromatic heterocycles. The quantitative estimate of drug-likeness (QED) is 0.480. The van der Waals surface area contributed by atoms with E-state index in [-0.39, 0.29) is 0 Å². The van der Waals surface area contributed by atoms with Crippen molar-refractivity contribution in [3.8, 4) is 0 Å². The summed E-state index contributed by atoms with van der Waals surface area (Å²) >= 11 is 1.08. The number of nitrogens with zero attached hydrogens (tertiary/aromatic N) is 1. The van der Waals surface area contributed by atoms with Crippen LogP contribution in [0.2, 0.25) is 0 Å². The fourth-order valence-electron chi connectivity index (χ4n) is 0.325. The summed E-state index contributed by atoms with van der Waals surface area (Å²) in [5, 5.41) is 7.42. The van der Waals surface area contributed by atoms with Crippen LogP contribution in [0.25, 0.3) is 0 Å². The molecule has 0 unspecified atom stereocenters. The zero-order valence-corrected chi connectivity index (χ0v) is 7.96. The Kier molecular flexibility index (Phi) is 5.29. The standard InChI is InChI=1S/C3H3N2.C2H4O2.Na/c1-2-5-3-4-1;1-2(3)4;/h1,3H,(H,4,5);1H3,(H,3,4);. The number of carboxylic acids is 1. The number of hydrogen-bond donors (Lipinski definition) is 2. The summed E-state index contributed by atoms with van der Waals surface area (Å²) in [4.78, 5) is 15.8. The third-order valence-corrected chi connectivity index (χ3v) is 1.18. The van der Waals surface area contributed by atoms with Gasteiger partial charge in [0, 0.05) is 6.92 Å². The van der Waals surface area contributed by atoms with Crippen LogP contribution in [0, 0.1) is 0 Å². The van der Waals surface area contributed by atoms with Crippen LogP contribution in [0.4, 0.5) is 0 Å². The van der Waals surface area contributed by atoms with Crippen molar-refractivity contribution in [1.82, 2.24) is 9.97 Å². The molecular formula is C5H7N2NaO2. The molecule has 0 aromatic carbocycles. The van der Waals surface area contributed by atoms with E-state index in [1.54, 1.807) is 6.33 Å². The minimum atomic E-state index is -0.833. The Labute approximate surface area is 76.1 Å². The molecule has 0 bridgehead atoms. The number of rotatable bonds is 0. The van der Waals surface area contributed by atoms with Gasteiger partial charge in [0.2, 0.25) is 0 Å². The molecular weight excluding hydrogens is 143 g/mol. The zero-order valence-electron chi connectivity index (χ0n) is 5.96. The van der Waals surface area contributed by atoms with Crippen LogP contribution >= 0.6 is 0 Å². The molecule has 0 aliphatic carbocycles. The van der Waals surface area contributed by atoms with E-state index in [0.29, 0.717) is 0 Å². The molecule has 0 aliphatic rings. The molecule has 0 saturated carbocycles. The second kappa shape index (κ2) is 5.46. The molecule has 0 fully saturated rings. The van der Waals surface area contributed by atoms with E-state index in [9.17, 15) is 0 Å². The van der Waals surface area contributed by atoms with Gasteiger partial charge in [0.05, 0.1) is 0 Å². The van der Waals surface area contributed by atoms with E-state index in [0.717, 1.165) is 34.9 Å². The van der Waals surface area contributed by atoms with Crippen LogP contribution in [-0.2, 0) is 4.79 Å². The second-order valence-electron chi connectivity index (χ2n) is 1.75. The van der Waals surface area contributed by atoms with E-state index in [4.69, 9.17) is 9.90 Å². The van der Waals surface area contributed by atoms with Crippen molar-refractivity contribution in [3.05, 3.63) is 12.5 Å². The number of carboxylic acid groups (broad SMARTS) is 1. The number of aliphatic carboxylic acids is 1. The van der Waals surface area contributed by atoms with Crippen molar-refractivity contribution in [2.45, 2.75) is 6.92 Å². The maximum atomic E-state index is 9.00. The first kappa shape index (κ1) is 9.68. The molecule has 5 heteroatoms. The monoisotopic (exact) mass is 150 g/mol.